The summed E-state index contributed by atoms with van der Waals surface area (Å²) in [6, 6.07) is 11.4. The molecule has 7 heteroatoms. The Morgan fingerprint density at radius 3 is 2.83 bits per heavy atom. The predicted octanol–water partition coefficient (Wildman–Crippen LogP) is 4.49. The van der Waals surface area contributed by atoms with E-state index in [0.717, 1.165) is 11.3 Å². The zero-order valence-electron chi connectivity index (χ0n) is 17.1. The Hall–Kier alpha value is -2.31. The summed E-state index contributed by atoms with van der Waals surface area (Å²) in [6.07, 6.45) is 1.97. The smallest absolute Gasteiger partial charge is 0.410 e. The van der Waals surface area contributed by atoms with Crippen LogP contribution in [0.3, 0.4) is 0 Å². The topological polar surface area (TPSA) is 60.9 Å². The third-order valence-electron chi connectivity index (χ3n) is 4.35. The molecule has 0 aliphatic carbocycles. The first-order valence-electron chi connectivity index (χ1n) is 9.71. The quantitative estimate of drug-likeness (QED) is 0.715. The number of benzene rings is 1. The van der Waals surface area contributed by atoms with Crippen molar-refractivity contribution < 1.29 is 19.0 Å². The lowest BCUT2D eigenvalue weighted by atomic mass is 10.1. The third-order valence-corrected chi connectivity index (χ3v) is 4.65. The summed E-state index contributed by atoms with van der Waals surface area (Å²) in [5, 5.41) is 0.540. The minimum Gasteiger partial charge on any atom is -0.486 e. The van der Waals surface area contributed by atoms with Crippen molar-refractivity contribution in [2.24, 2.45) is 0 Å². The Balaban J connectivity index is 1.56. The average molecular weight is 419 g/mol. The van der Waals surface area contributed by atoms with Gasteiger partial charge in [0.05, 0.1) is 30.0 Å². The molecule has 1 aliphatic rings. The van der Waals surface area contributed by atoms with E-state index in [-0.39, 0.29) is 12.2 Å². The van der Waals surface area contributed by atoms with Crippen molar-refractivity contribution in [3.05, 3.63) is 58.9 Å². The fraction of sp³-hybridized carbons (Fsp3) is 0.455. The molecule has 29 heavy (non-hydrogen) atoms. The van der Waals surface area contributed by atoms with Gasteiger partial charge >= 0.3 is 6.09 Å². The summed E-state index contributed by atoms with van der Waals surface area (Å²) >= 11 is 6.39. The highest BCUT2D eigenvalue weighted by Gasteiger charge is 2.28. The van der Waals surface area contributed by atoms with Gasteiger partial charge in [-0.1, -0.05) is 23.7 Å². The van der Waals surface area contributed by atoms with Crippen molar-refractivity contribution in [3.8, 4) is 5.75 Å². The van der Waals surface area contributed by atoms with Crippen LogP contribution < -0.4 is 4.74 Å². The highest BCUT2D eigenvalue weighted by atomic mass is 35.5. The van der Waals surface area contributed by atoms with Crippen molar-refractivity contribution in [2.45, 2.75) is 45.5 Å². The van der Waals surface area contributed by atoms with Crippen molar-refractivity contribution in [1.29, 1.82) is 0 Å². The SMILES string of the molecule is CC(C)(C)OC(=O)N1CCOC(Cc2ccc(OCc3ccccn3)c(Cl)c2)C1. The molecule has 1 aliphatic heterocycles. The number of rotatable bonds is 5. The van der Waals surface area contributed by atoms with Gasteiger partial charge in [-0.25, -0.2) is 4.79 Å². The lowest BCUT2D eigenvalue weighted by molar-refractivity contribution is -0.0415. The van der Waals surface area contributed by atoms with Gasteiger partial charge < -0.3 is 19.1 Å². The van der Waals surface area contributed by atoms with Crippen LogP contribution in [0, 0.1) is 0 Å². The first-order valence-corrected chi connectivity index (χ1v) is 10.1. The maximum absolute atomic E-state index is 12.3. The van der Waals surface area contributed by atoms with E-state index < -0.39 is 5.60 Å². The number of halogens is 1. The standard InChI is InChI=1S/C22H27ClN2O4/c1-22(2,3)29-21(26)25-10-11-27-18(14-25)12-16-7-8-20(19(23)13-16)28-15-17-6-4-5-9-24-17/h4-9,13,18H,10-12,14-15H2,1-3H3. The lowest BCUT2D eigenvalue weighted by Gasteiger charge is -2.34. The average Bonchev–Trinajstić information content (AvgIpc) is 2.67. The normalized spacial score (nSPS) is 17.1. The van der Waals surface area contributed by atoms with Crippen LogP contribution in [0.2, 0.25) is 5.02 Å². The molecule has 0 bridgehead atoms. The lowest BCUT2D eigenvalue weighted by Crippen LogP contribution is -2.48. The second-order valence-corrected chi connectivity index (χ2v) is 8.41. The molecule has 1 saturated heterocycles. The van der Waals surface area contributed by atoms with Crippen LogP contribution in [-0.4, -0.2) is 47.4 Å². The first kappa shape index (κ1) is 21.4. The van der Waals surface area contributed by atoms with Crippen molar-refractivity contribution in [1.82, 2.24) is 9.88 Å². The number of morpholine rings is 1. The molecule has 1 amide bonds. The summed E-state index contributed by atoms with van der Waals surface area (Å²) in [4.78, 5) is 18.2. The van der Waals surface area contributed by atoms with E-state index in [2.05, 4.69) is 4.98 Å². The van der Waals surface area contributed by atoms with Crippen LogP contribution in [0.4, 0.5) is 4.79 Å². The van der Waals surface area contributed by atoms with E-state index >= 15 is 0 Å². The second kappa shape index (κ2) is 9.46. The van der Waals surface area contributed by atoms with E-state index in [4.69, 9.17) is 25.8 Å². The zero-order chi connectivity index (χ0) is 20.9. The Kier molecular flexibility index (Phi) is 6.98. The Bertz CT molecular complexity index is 823. The molecular weight excluding hydrogens is 392 g/mol. The second-order valence-electron chi connectivity index (χ2n) is 8.00. The number of amides is 1. The fourth-order valence-electron chi connectivity index (χ4n) is 3.02. The summed E-state index contributed by atoms with van der Waals surface area (Å²) in [6.45, 7) is 7.46. The molecule has 156 valence electrons. The van der Waals surface area contributed by atoms with Gasteiger partial charge in [0.15, 0.2) is 0 Å². The molecule has 2 aromatic rings. The number of aromatic nitrogens is 1. The molecule has 1 fully saturated rings. The molecule has 0 spiro atoms. The van der Waals surface area contributed by atoms with Crippen molar-refractivity contribution >= 4 is 17.7 Å². The molecule has 1 aromatic heterocycles. The predicted molar refractivity (Wildman–Crippen MR) is 111 cm³/mol. The highest BCUT2D eigenvalue weighted by Crippen LogP contribution is 2.27. The molecule has 2 heterocycles. The monoisotopic (exact) mass is 418 g/mol. The number of pyridine rings is 1. The highest BCUT2D eigenvalue weighted by molar-refractivity contribution is 6.32. The maximum Gasteiger partial charge on any atom is 0.410 e. The van der Waals surface area contributed by atoms with Crippen LogP contribution in [-0.2, 0) is 22.5 Å². The molecule has 6 nitrogen and oxygen atoms in total. The molecule has 0 radical (unpaired) electrons. The molecule has 1 atom stereocenters. The number of ether oxygens (including phenoxy) is 3. The van der Waals surface area contributed by atoms with Gasteiger partial charge in [0.1, 0.15) is 18.0 Å². The number of carbonyl (C=O) groups excluding carboxylic acids is 1. The summed E-state index contributed by atoms with van der Waals surface area (Å²) in [7, 11) is 0. The van der Waals surface area contributed by atoms with Crippen molar-refractivity contribution in [2.75, 3.05) is 19.7 Å². The number of hydrogen-bond donors (Lipinski definition) is 0. The summed E-state index contributed by atoms with van der Waals surface area (Å²) in [5.41, 5.74) is 1.35. The van der Waals surface area contributed by atoms with Gasteiger partial charge in [-0.2, -0.15) is 0 Å². The van der Waals surface area contributed by atoms with Gasteiger partial charge in [0, 0.05) is 19.2 Å². The van der Waals surface area contributed by atoms with Crippen molar-refractivity contribution in [3.63, 3.8) is 0 Å². The molecule has 0 saturated carbocycles. The molecule has 3 rings (SSSR count). The first-order chi connectivity index (χ1) is 13.8. The zero-order valence-corrected chi connectivity index (χ0v) is 17.8. The van der Waals surface area contributed by atoms with E-state index in [1.807, 2.05) is 57.2 Å². The van der Waals surface area contributed by atoms with E-state index in [9.17, 15) is 4.79 Å². The minimum absolute atomic E-state index is 0.104. The molecule has 0 N–H and O–H groups in total. The van der Waals surface area contributed by atoms with E-state index in [1.165, 1.54) is 0 Å². The van der Waals surface area contributed by atoms with Crippen LogP contribution in [0.15, 0.2) is 42.6 Å². The Labute approximate surface area is 176 Å². The molecular formula is C22H27ClN2O4. The van der Waals surface area contributed by atoms with Crippen LogP contribution in [0.1, 0.15) is 32.0 Å². The van der Waals surface area contributed by atoms with E-state index in [1.54, 1.807) is 11.1 Å². The van der Waals surface area contributed by atoms with Crippen LogP contribution in [0.25, 0.3) is 0 Å². The minimum atomic E-state index is -0.510. The number of carbonyl (C=O) groups is 1. The molecule has 1 aromatic carbocycles. The fourth-order valence-corrected chi connectivity index (χ4v) is 3.28. The Morgan fingerprint density at radius 1 is 1.31 bits per heavy atom. The van der Waals surface area contributed by atoms with Crippen LogP contribution in [0.5, 0.6) is 5.75 Å². The van der Waals surface area contributed by atoms with Crippen LogP contribution >= 0.6 is 11.6 Å². The number of nitrogens with zero attached hydrogens (tertiary/aromatic N) is 2. The third kappa shape index (κ3) is 6.61. The van der Waals surface area contributed by atoms with Gasteiger partial charge in [-0.3, -0.25) is 4.98 Å². The summed E-state index contributed by atoms with van der Waals surface area (Å²) < 4.78 is 17.1. The van der Waals surface area contributed by atoms with Gasteiger partial charge in [-0.05, 0) is 50.6 Å². The summed E-state index contributed by atoms with van der Waals surface area (Å²) in [5.74, 6) is 0.612. The molecule has 1 unspecified atom stereocenters. The maximum atomic E-state index is 12.3. The van der Waals surface area contributed by atoms with Gasteiger partial charge in [0.2, 0.25) is 0 Å². The van der Waals surface area contributed by atoms with Gasteiger partial charge in [0.25, 0.3) is 0 Å². The largest absolute Gasteiger partial charge is 0.486 e. The van der Waals surface area contributed by atoms with E-state index in [0.29, 0.717) is 43.5 Å². The Morgan fingerprint density at radius 2 is 2.14 bits per heavy atom. The number of hydrogen-bond acceptors (Lipinski definition) is 5. The van der Waals surface area contributed by atoms with Gasteiger partial charge in [-0.15, -0.1) is 0 Å².